The Labute approximate surface area is 183 Å². The minimum absolute atomic E-state index is 0.311. The molecule has 29 heavy (non-hydrogen) atoms. The highest BCUT2D eigenvalue weighted by Crippen LogP contribution is 2.25. The van der Waals surface area contributed by atoms with Crippen molar-refractivity contribution >= 4 is 56.7 Å². The molecule has 0 saturated heterocycles. The van der Waals surface area contributed by atoms with E-state index < -0.39 is 16.9 Å². The van der Waals surface area contributed by atoms with E-state index in [2.05, 4.69) is 31.4 Å². The first kappa shape index (κ1) is 21.3. The Bertz CT molecular complexity index is 1100. The monoisotopic (exact) mass is 500 g/mol. The van der Waals surface area contributed by atoms with Gasteiger partial charge in [0, 0.05) is 6.20 Å². The molecule has 0 aliphatic rings. The van der Waals surface area contributed by atoms with E-state index >= 15 is 0 Å². The van der Waals surface area contributed by atoms with Gasteiger partial charge in [0.05, 0.1) is 37.9 Å². The summed E-state index contributed by atoms with van der Waals surface area (Å²) in [6.45, 7) is 3.66. The van der Waals surface area contributed by atoms with Crippen LogP contribution in [0.1, 0.15) is 24.2 Å². The molecule has 3 rings (SSSR count). The number of amides is 1. The fraction of sp³-hybridized carbons (Fsp3) is 0.235. The van der Waals surface area contributed by atoms with Crippen molar-refractivity contribution in [1.29, 1.82) is 0 Å². The Balaban J connectivity index is 1.73. The molecule has 0 bridgehead atoms. The highest BCUT2D eigenvalue weighted by atomic mass is 79.9. The van der Waals surface area contributed by atoms with Gasteiger partial charge in [-0.2, -0.15) is 9.78 Å². The van der Waals surface area contributed by atoms with Crippen LogP contribution in [0.5, 0.6) is 0 Å². The molecular weight excluding hydrogens is 487 g/mol. The molecule has 0 saturated carbocycles. The van der Waals surface area contributed by atoms with Gasteiger partial charge in [-0.3, -0.25) is 9.48 Å². The number of nitro groups is 1. The normalized spacial score (nSPS) is 12.0. The minimum Gasteiger partial charge on any atom is -0.358 e. The van der Waals surface area contributed by atoms with Crippen LogP contribution in [0.3, 0.4) is 0 Å². The largest absolute Gasteiger partial charge is 0.390 e. The van der Waals surface area contributed by atoms with E-state index in [0.29, 0.717) is 32.6 Å². The number of carbonyl (C=O) groups is 1. The molecular formula is C17H15BrCl2N6O3. The molecule has 1 amide bonds. The van der Waals surface area contributed by atoms with Crippen molar-refractivity contribution in [3.63, 3.8) is 0 Å². The lowest BCUT2D eigenvalue weighted by Crippen LogP contribution is -2.25. The van der Waals surface area contributed by atoms with E-state index in [1.165, 1.54) is 10.7 Å². The van der Waals surface area contributed by atoms with E-state index in [1.807, 2.05) is 6.07 Å². The molecule has 0 radical (unpaired) electrons. The van der Waals surface area contributed by atoms with Gasteiger partial charge in [-0.1, -0.05) is 29.3 Å². The molecule has 12 heteroatoms. The average molecular weight is 502 g/mol. The minimum atomic E-state index is -0.768. The topological polar surface area (TPSA) is 108 Å². The van der Waals surface area contributed by atoms with Crippen molar-refractivity contribution < 1.29 is 9.72 Å². The predicted molar refractivity (Wildman–Crippen MR) is 112 cm³/mol. The Morgan fingerprint density at radius 3 is 2.66 bits per heavy atom. The van der Waals surface area contributed by atoms with Crippen molar-refractivity contribution in [2.75, 3.05) is 5.32 Å². The van der Waals surface area contributed by atoms with Gasteiger partial charge in [0.2, 0.25) is 0 Å². The van der Waals surface area contributed by atoms with Gasteiger partial charge >= 0.3 is 5.82 Å². The Morgan fingerprint density at radius 1 is 1.31 bits per heavy atom. The van der Waals surface area contributed by atoms with Gasteiger partial charge in [-0.05, 0) is 52.4 Å². The molecule has 0 aliphatic carbocycles. The number of nitrogens with one attached hydrogen (secondary N) is 1. The summed E-state index contributed by atoms with van der Waals surface area (Å²) in [5, 5.41) is 22.7. The highest BCUT2D eigenvalue weighted by molar-refractivity contribution is 9.10. The van der Waals surface area contributed by atoms with Crippen molar-refractivity contribution in [2.24, 2.45) is 0 Å². The van der Waals surface area contributed by atoms with Crippen molar-refractivity contribution in [3.8, 4) is 0 Å². The Kier molecular flexibility index (Phi) is 6.25. The highest BCUT2D eigenvalue weighted by Gasteiger charge is 2.25. The number of rotatable bonds is 6. The van der Waals surface area contributed by atoms with E-state index in [0.717, 1.165) is 5.56 Å². The number of hydrogen-bond donors (Lipinski definition) is 1. The predicted octanol–water partition coefficient (Wildman–Crippen LogP) is 4.61. The third-order valence-electron chi connectivity index (χ3n) is 4.13. The molecule has 0 spiro atoms. The number of carbonyl (C=O) groups excluding carboxylic acids is 1. The maximum absolute atomic E-state index is 12.6. The number of benzene rings is 1. The number of aryl methyl sites for hydroxylation is 1. The molecule has 0 fully saturated rings. The SMILES string of the molecule is Cc1cc([N+](=O)[O-])nn1C(C)C(=O)Nc1nn(Cc2ccc(Cl)c(Cl)c2)cc1Br. The summed E-state index contributed by atoms with van der Waals surface area (Å²) in [5.74, 6) is -0.401. The number of anilines is 1. The second kappa shape index (κ2) is 8.52. The van der Waals surface area contributed by atoms with Crippen LogP contribution < -0.4 is 5.32 Å². The third kappa shape index (κ3) is 4.77. The lowest BCUT2D eigenvalue weighted by molar-refractivity contribution is -0.389. The maximum atomic E-state index is 12.6. The quantitative estimate of drug-likeness (QED) is 0.391. The smallest absolute Gasteiger partial charge is 0.358 e. The number of aromatic nitrogens is 4. The average Bonchev–Trinajstić information content (AvgIpc) is 3.20. The number of hydrogen-bond acceptors (Lipinski definition) is 5. The molecule has 152 valence electrons. The van der Waals surface area contributed by atoms with Gasteiger partial charge in [-0.25, -0.2) is 0 Å². The molecule has 3 aromatic rings. The molecule has 1 atom stereocenters. The van der Waals surface area contributed by atoms with E-state index in [-0.39, 0.29) is 5.82 Å². The summed E-state index contributed by atoms with van der Waals surface area (Å²) < 4.78 is 3.52. The van der Waals surface area contributed by atoms with E-state index in [1.54, 1.807) is 36.9 Å². The fourth-order valence-corrected chi connectivity index (χ4v) is 3.41. The Morgan fingerprint density at radius 2 is 2.03 bits per heavy atom. The first-order valence-electron chi connectivity index (χ1n) is 8.34. The molecule has 1 N–H and O–H groups in total. The maximum Gasteiger partial charge on any atom is 0.390 e. The van der Waals surface area contributed by atoms with Gasteiger partial charge in [0.15, 0.2) is 5.82 Å². The van der Waals surface area contributed by atoms with Crippen LogP contribution in [0.25, 0.3) is 0 Å². The zero-order valence-electron chi connectivity index (χ0n) is 15.3. The first-order valence-corrected chi connectivity index (χ1v) is 9.89. The summed E-state index contributed by atoms with van der Waals surface area (Å²) in [7, 11) is 0. The van der Waals surface area contributed by atoms with E-state index in [4.69, 9.17) is 23.2 Å². The molecule has 1 aromatic carbocycles. The fourth-order valence-electron chi connectivity index (χ4n) is 2.67. The van der Waals surface area contributed by atoms with Crippen LogP contribution in [0.4, 0.5) is 11.6 Å². The standard InChI is InChI=1S/C17H15BrCl2N6O3/c1-9-5-15(26(28)29)22-25(9)10(2)17(27)21-16-12(18)8-24(23-16)7-11-3-4-13(19)14(20)6-11/h3-6,8,10H,7H2,1-2H3,(H,21,23,27). The summed E-state index contributed by atoms with van der Waals surface area (Å²) >= 11 is 15.3. The van der Waals surface area contributed by atoms with Crippen LogP contribution in [0, 0.1) is 17.0 Å². The molecule has 2 heterocycles. The summed E-state index contributed by atoms with van der Waals surface area (Å²) in [4.78, 5) is 22.9. The summed E-state index contributed by atoms with van der Waals surface area (Å²) in [6.07, 6.45) is 1.72. The second-order valence-corrected chi connectivity index (χ2v) is 7.95. The van der Waals surface area contributed by atoms with Crippen LogP contribution in [-0.2, 0) is 11.3 Å². The zero-order valence-corrected chi connectivity index (χ0v) is 18.4. The lowest BCUT2D eigenvalue weighted by Gasteiger charge is -2.10. The van der Waals surface area contributed by atoms with Crippen LogP contribution >= 0.6 is 39.1 Å². The first-order chi connectivity index (χ1) is 13.7. The molecule has 0 aliphatic heterocycles. The molecule has 9 nitrogen and oxygen atoms in total. The second-order valence-electron chi connectivity index (χ2n) is 6.28. The van der Waals surface area contributed by atoms with Crippen molar-refractivity contribution in [2.45, 2.75) is 26.4 Å². The third-order valence-corrected chi connectivity index (χ3v) is 5.45. The number of halogens is 3. The van der Waals surface area contributed by atoms with Crippen LogP contribution in [0.2, 0.25) is 10.0 Å². The summed E-state index contributed by atoms with van der Waals surface area (Å²) in [6, 6.07) is 5.82. The molecule has 2 aromatic heterocycles. The van der Waals surface area contributed by atoms with E-state index in [9.17, 15) is 14.9 Å². The van der Waals surface area contributed by atoms with Gasteiger partial charge < -0.3 is 15.4 Å². The van der Waals surface area contributed by atoms with Gasteiger partial charge in [-0.15, -0.1) is 0 Å². The zero-order chi connectivity index (χ0) is 21.3. The van der Waals surface area contributed by atoms with Crippen molar-refractivity contribution in [1.82, 2.24) is 19.6 Å². The lowest BCUT2D eigenvalue weighted by atomic mass is 10.2. The van der Waals surface area contributed by atoms with Crippen LogP contribution in [0.15, 0.2) is 34.9 Å². The molecule has 1 unspecified atom stereocenters. The van der Waals surface area contributed by atoms with Crippen molar-refractivity contribution in [3.05, 3.63) is 66.4 Å². The van der Waals surface area contributed by atoms with Gasteiger partial charge in [0.25, 0.3) is 5.91 Å². The number of nitrogens with zero attached hydrogens (tertiary/aromatic N) is 5. The Hall–Kier alpha value is -2.43. The summed E-state index contributed by atoms with van der Waals surface area (Å²) in [5.41, 5.74) is 1.39. The van der Waals surface area contributed by atoms with Gasteiger partial charge in [0.1, 0.15) is 6.04 Å². The van der Waals surface area contributed by atoms with Crippen LogP contribution in [-0.4, -0.2) is 30.4 Å².